The van der Waals surface area contributed by atoms with Gasteiger partial charge >= 0.3 is 0 Å². The maximum atomic E-state index is 13.7. The molecule has 0 radical (unpaired) electrons. The Morgan fingerprint density at radius 1 is 1.17 bits per heavy atom. The summed E-state index contributed by atoms with van der Waals surface area (Å²) in [6, 6.07) is 9.38. The number of hydrogen-bond acceptors (Lipinski definition) is 3. The zero-order valence-corrected chi connectivity index (χ0v) is 12.5. The number of rotatable bonds is 2. The maximum absolute atomic E-state index is 13.7. The standard InChI is InChI=1S/C18H17FN2O2/c19-15-4-2-1-3-12(15)18(23)21-16-6-13-10-5-11(9-20-8-10)14(13)7-17(16)22/h1-4,6-7,10-11,20,22H,5,8-9H2,(H,21,23). The fraction of sp³-hybridized carbons (Fsp3) is 0.278. The van der Waals surface area contributed by atoms with Crippen LogP contribution in [0, 0.1) is 5.82 Å². The molecule has 1 aliphatic heterocycles. The van der Waals surface area contributed by atoms with Crippen LogP contribution < -0.4 is 10.6 Å². The highest BCUT2D eigenvalue weighted by atomic mass is 19.1. The Balaban J connectivity index is 1.66. The molecule has 2 bridgehead atoms. The van der Waals surface area contributed by atoms with Gasteiger partial charge in [-0.1, -0.05) is 12.1 Å². The minimum absolute atomic E-state index is 0.0287. The summed E-state index contributed by atoms with van der Waals surface area (Å²) in [4.78, 5) is 12.2. The fourth-order valence-electron chi connectivity index (χ4n) is 3.68. The molecule has 2 aromatic carbocycles. The van der Waals surface area contributed by atoms with Gasteiger partial charge in [-0.05, 0) is 53.6 Å². The quantitative estimate of drug-likeness (QED) is 0.747. The summed E-state index contributed by atoms with van der Waals surface area (Å²) in [5, 5.41) is 16.2. The van der Waals surface area contributed by atoms with Crippen molar-refractivity contribution in [3.8, 4) is 5.75 Å². The number of anilines is 1. The Morgan fingerprint density at radius 2 is 1.87 bits per heavy atom. The summed E-state index contributed by atoms with van der Waals surface area (Å²) in [7, 11) is 0. The first-order valence-corrected chi connectivity index (χ1v) is 7.77. The molecule has 3 N–H and O–H groups in total. The van der Waals surface area contributed by atoms with E-state index in [4.69, 9.17) is 0 Å². The molecular formula is C18H17FN2O2. The van der Waals surface area contributed by atoms with Gasteiger partial charge in [0.25, 0.3) is 5.91 Å². The minimum Gasteiger partial charge on any atom is -0.506 e. The highest BCUT2D eigenvalue weighted by molar-refractivity contribution is 6.05. The molecule has 4 nitrogen and oxygen atoms in total. The molecule has 0 aromatic heterocycles. The third-order valence-electron chi connectivity index (χ3n) is 4.80. The Morgan fingerprint density at radius 3 is 2.61 bits per heavy atom. The Kier molecular flexibility index (Phi) is 3.31. The largest absolute Gasteiger partial charge is 0.506 e. The van der Waals surface area contributed by atoms with Crippen molar-refractivity contribution in [3.63, 3.8) is 0 Å². The van der Waals surface area contributed by atoms with Gasteiger partial charge in [0, 0.05) is 13.1 Å². The molecule has 0 spiro atoms. The van der Waals surface area contributed by atoms with Crippen LogP contribution in [0.4, 0.5) is 10.1 Å². The van der Waals surface area contributed by atoms with Crippen LogP contribution in [0.1, 0.15) is 39.7 Å². The van der Waals surface area contributed by atoms with E-state index < -0.39 is 11.7 Å². The van der Waals surface area contributed by atoms with Crippen molar-refractivity contribution >= 4 is 11.6 Å². The maximum Gasteiger partial charge on any atom is 0.258 e. The minimum atomic E-state index is -0.578. The topological polar surface area (TPSA) is 61.4 Å². The van der Waals surface area contributed by atoms with Gasteiger partial charge in [0.05, 0.1) is 11.3 Å². The van der Waals surface area contributed by atoms with Gasteiger partial charge in [0.2, 0.25) is 0 Å². The zero-order chi connectivity index (χ0) is 16.0. The van der Waals surface area contributed by atoms with Crippen molar-refractivity contribution in [1.29, 1.82) is 0 Å². The zero-order valence-electron chi connectivity index (χ0n) is 12.5. The van der Waals surface area contributed by atoms with E-state index >= 15 is 0 Å². The van der Waals surface area contributed by atoms with E-state index in [9.17, 15) is 14.3 Å². The number of aromatic hydroxyl groups is 1. The van der Waals surface area contributed by atoms with Crippen LogP contribution in [0.3, 0.4) is 0 Å². The van der Waals surface area contributed by atoms with Gasteiger partial charge in [-0.25, -0.2) is 4.39 Å². The average molecular weight is 312 g/mol. The number of benzene rings is 2. The molecule has 5 heteroatoms. The number of carbonyl (C=O) groups excluding carboxylic acids is 1. The van der Waals surface area contributed by atoms with Crippen LogP contribution in [0.15, 0.2) is 36.4 Å². The second kappa shape index (κ2) is 5.35. The van der Waals surface area contributed by atoms with Crippen LogP contribution in [0.5, 0.6) is 5.75 Å². The van der Waals surface area contributed by atoms with Crippen LogP contribution >= 0.6 is 0 Å². The monoisotopic (exact) mass is 312 g/mol. The van der Waals surface area contributed by atoms with Gasteiger partial charge in [-0.2, -0.15) is 0 Å². The smallest absolute Gasteiger partial charge is 0.258 e. The van der Waals surface area contributed by atoms with Crippen LogP contribution in [-0.4, -0.2) is 24.1 Å². The lowest BCUT2D eigenvalue weighted by molar-refractivity contribution is 0.102. The number of fused-ring (bicyclic) bond motifs is 5. The second-order valence-corrected chi connectivity index (χ2v) is 6.22. The van der Waals surface area contributed by atoms with Crippen molar-refractivity contribution in [2.75, 3.05) is 18.4 Å². The van der Waals surface area contributed by atoms with Gasteiger partial charge < -0.3 is 15.7 Å². The summed E-state index contributed by atoms with van der Waals surface area (Å²) < 4.78 is 13.7. The lowest BCUT2D eigenvalue weighted by Gasteiger charge is -2.19. The third kappa shape index (κ3) is 2.37. The van der Waals surface area contributed by atoms with Gasteiger partial charge in [-0.3, -0.25) is 4.79 Å². The first-order chi connectivity index (χ1) is 11.1. The molecule has 2 aromatic rings. The average Bonchev–Trinajstić information content (AvgIpc) is 2.78. The molecule has 23 heavy (non-hydrogen) atoms. The number of hydrogen-bond donors (Lipinski definition) is 3. The number of piperidine rings is 1. The number of phenolic OH excluding ortho intramolecular Hbond substituents is 1. The molecule has 1 aliphatic carbocycles. The molecule has 4 rings (SSSR count). The van der Waals surface area contributed by atoms with Gasteiger partial charge in [-0.15, -0.1) is 0 Å². The van der Waals surface area contributed by atoms with Crippen molar-refractivity contribution < 1.29 is 14.3 Å². The first-order valence-electron chi connectivity index (χ1n) is 7.77. The lowest BCUT2D eigenvalue weighted by atomic mass is 9.98. The SMILES string of the molecule is O=C(Nc1cc2c(cc1O)C1CNCC2C1)c1ccccc1F. The summed E-state index contributed by atoms with van der Waals surface area (Å²) in [5.41, 5.74) is 2.63. The third-order valence-corrected chi connectivity index (χ3v) is 4.80. The fourth-order valence-corrected chi connectivity index (χ4v) is 3.68. The molecule has 1 amide bonds. The number of nitrogens with one attached hydrogen (secondary N) is 2. The molecule has 1 saturated heterocycles. The summed E-state index contributed by atoms with van der Waals surface area (Å²) in [6.07, 6.45) is 1.08. The van der Waals surface area contributed by atoms with E-state index in [1.54, 1.807) is 12.1 Å². The van der Waals surface area contributed by atoms with Crippen LogP contribution in [0.2, 0.25) is 0 Å². The van der Waals surface area contributed by atoms with E-state index in [1.165, 1.54) is 23.8 Å². The Bertz CT molecular complexity index is 791. The van der Waals surface area contributed by atoms with Crippen LogP contribution in [0.25, 0.3) is 0 Å². The molecule has 2 atom stereocenters. The van der Waals surface area contributed by atoms with Crippen molar-refractivity contribution in [3.05, 3.63) is 58.9 Å². The normalized spacial score (nSPS) is 21.8. The molecule has 0 saturated carbocycles. The van der Waals surface area contributed by atoms with Crippen molar-refractivity contribution in [1.82, 2.24) is 5.32 Å². The number of halogens is 1. The second-order valence-electron chi connectivity index (χ2n) is 6.22. The van der Waals surface area contributed by atoms with E-state index in [0.717, 1.165) is 25.1 Å². The molecule has 118 valence electrons. The molecule has 1 fully saturated rings. The predicted octanol–water partition coefficient (Wildman–Crippen LogP) is 2.96. The van der Waals surface area contributed by atoms with Gasteiger partial charge in [0.15, 0.2) is 0 Å². The first kappa shape index (κ1) is 14.2. The number of carbonyl (C=O) groups is 1. The summed E-state index contributed by atoms with van der Waals surface area (Å²) >= 11 is 0. The lowest BCUT2D eigenvalue weighted by Crippen LogP contribution is -2.28. The molecule has 2 aliphatic rings. The summed E-state index contributed by atoms with van der Waals surface area (Å²) in [6.45, 7) is 1.83. The van der Waals surface area contributed by atoms with E-state index in [0.29, 0.717) is 17.5 Å². The Labute approximate surface area is 133 Å². The van der Waals surface area contributed by atoms with Crippen molar-refractivity contribution in [2.45, 2.75) is 18.3 Å². The van der Waals surface area contributed by atoms with Gasteiger partial charge in [0.1, 0.15) is 11.6 Å². The highest BCUT2D eigenvalue weighted by Gasteiger charge is 2.35. The Hall–Kier alpha value is -2.40. The highest BCUT2D eigenvalue weighted by Crippen LogP contribution is 2.46. The van der Waals surface area contributed by atoms with E-state index in [2.05, 4.69) is 10.6 Å². The summed E-state index contributed by atoms with van der Waals surface area (Å²) in [5.74, 6) is -0.274. The number of phenols is 1. The van der Waals surface area contributed by atoms with Crippen LogP contribution in [-0.2, 0) is 0 Å². The number of amides is 1. The van der Waals surface area contributed by atoms with E-state index in [-0.39, 0.29) is 11.3 Å². The molecular weight excluding hydrogens is 295 g/mol. The predicted molar refractivity (Wildman–Crippen MR) is 85.4 cm³/mol. The van der Waals surface area contributed by atoms with E-state index in [1.807, 2.05) is 6.07 Å². The molecule has 2 unspecified atom stereocenters. The van der Waals surface area contributed by atoms with Crippen molar-refractivity contribution in [2.24, 2.45) is 0 Å². The molecule has 1 heterocycles.